The summed E-state index contributed by atoms with van der Waals surface area (Å²) in [5.41, 5.74) is -0.225. The van der Waals surface area contributed by atoms with E-state index in [0.29, 0.717) is 12.1 Å². The van der Waals surface area contributed by atoms with Crippen molar-refractivity contribution in [2.24, 2.45) is 11.3 Å². The normalized spacial score (nSPS) is 13.6. The number of anilines is 1. The van der Waals surface area contributed by atoms with Gasteiger partial charge in [0.05, 0.1) is 0 Å². The summed E-state index contributed by atoms with van der Waals surface area (Å²) >= 11 is 0. The third-order valence-corrected chi connectivity index (χ3v) is 4.05. The van der Waals surface area contributed by atoms with E-state index in [4.69, 9.17) is 0 Å². The molecule has 28 heavy (non-hydrogen) atoms. The van der Waals surface area contributed by atoms with Crippen LogP contribution in [-0.2, 0) is 9.59 Å². The summed E-state index contributed by atoms with van der Waals surface area (Å²) in [6, 6.07) is 0.945. The number of pyridine rings is 1. The Bertz CT molecular complexity index is 673. The van der Waals surface area contributed by atoms with E-state index in [1.807, 2.05) is 13.8 Å². The van der Waals surface area contributed by atoms with E-state index in [2.05, 4.69) is 15.6 Å². The molecule has 0 unspecified atom stereocenters. The number of amides is 4. The largest absolute Gasteiger partial charge is 0.383 e. The average molecular weight is 394 g/mol. The van der Waals surface area contributed by atoms with Gasteiger partial charge in [0.2, 0.25) is 5.91 Å². The zero-order chi connectivity index (χ0) is 21.5. The lowest BCUT2D eigenvalue weighted by molar-refractivity contribution is -0.163. The Morgan fingerprint density at radius 1 is 1.14 bits per heavy atom. The average Bonchev–Trinajstić information content (AvgIpc) is 2.62. The van der Waals surface area contributed by atoms with Crippen LogP contribution < -0.4 is 10.6 Å². The Labute approximate surface area is 165 Å². The smallest absolute Gasteiger partial charge is 0.349 e. The van der Waals surface area contributed by atoms with Crippen LogP contribution in [0.2, 0.25) is 0 Å². The molecule has 0 spiro atoms. The van der Waals surface area contributed by atoms with Gasteiger partial charge in [0.25, 0.3) is 5.91 Å². The van der Waals surface area contributed by atoms with Crippen LogP contribution in [-0.4, -0.2) is 50.4 Å². The molecule has 0 aliphatic carbocycles. The number of nitrogens with one attached hydrogen (secondary N) is 2. The van der Waals surface area contributed by atoms with Gasteiger partial charge < -0.3 is 15.7 Å². The lowest BCUT2D eigenvalue weighted by Crippen LogP contribution is -2.56. The van der Waals surface area contributed by atoms with Crippen LogP contribution >= 0.6 is 0 Å². The van der Waals surface area contributed by atoms with Crippen molar-refractivity contribution in [3.63, 3.8) is 0 Å². The Balaban J connectivity index is 2.81. The first-order valence-corrected chi connectivity index (χ1v) is 9.15. The van der Waals surface area contributed by atoms with Crippen LogP contribution in [0.4, 0.5) is 10.5 Å². The molecule has 2 atom stereocenters. The molecule has 1 aromatic heterocycles. The number of urea groups is 1. The molecule has 0 saturated carbocycles. The highest BCUT2D eigenvalue weighted by Gasteiger charge is 2.36. The van der Waals surface area contributed by atoms with E-state index >= 15 is 0 Å². The van der Waals surface area contributed by atoms with E-state index in [0.717, 1.165) is 0 Å². The predicted octanol–water partition coefficient (Wildman–Crippen LogP) is 2.16. The molecule has 1 rings (SSSR count). The molecule has 0 saturated heterocycles. The molecular formula is C19H30N4O5. The summed E-state index contributed by atoms with van der Waals surface area (Å²) in [6.45, 7) is 9.03. The Morgan fingerprint density at radius 2 is 1.71 bits per heavy atom. The fraction of sp³-hybridized carbons (Fsp3) is 0.579. The van der Waals surface area contributed by atoms with Gasteiger partial charge in [0.15, 0.2) is 0 Å². The van der Waals surface area contributed by atoms with Crippen molar-refractivity contribution < 1.29 is 24.7 Å². The molecular weight excluding hydrogens is 364 g/mol. The van der Waals surface area contributed by atoms with E-state index in [1.54, 1.807) is 32.9 Å². The van der Waals surface area contributed by atoms with Gasteiger partial charge in [-0.1, -0.05) is 34.6 Å². The fourth-order valence-corrected chi connectivity index (χ4v) is 2.37. The maximum atomic E-state index is 12.6. The highest BCUT2D eigenvalue weighted by Crippen LogP contribution is 2.21. The van der Waals surface area contributed by atoms with Crippen LogP contribution in [0.1, 0.15) is 47.5 Å². The number of aliphatic hydroxyl groups is 1. The zero-order valence-corrected chi connectivity index (χ0v) is 17.0. The Kier molecular flexibility index (Phi) is 8.52. The molecule has 0 aromatic carbocycles. The number of hydroxylamine groups is 2. The highest BCUT2D eigenvalue weighted by molar-refractivity contribution is 6.00. The second-order valence-electron chi connectivity index (χ2n) is 8.11. The minimum Gasteiger partial charge on any atom is -0.383 e. The lowest BCUT2D eigenvalue weighted by atomic mass is 9.86. The molecule has 0 fully saturated rings. The first kappa shape index (κ1) is 23.5. The van der Waals surface area contributed by atoms with Crippen LogP contribution in [0.3, 0.4) is 0 Å². The van der Waals surface area contributed by atoms with E-state index in [1.165, 1.54) is 12.4 Å². The van der Waals surface area contributed by atoms with Crippen molar-refractivity contribution in [1.82, 2.24) is 15.4 Å². The number of rotatable bonds is 7. The summed E-state index contributed by atoms with van der Waals surface area (Å²) in [4.78, 5) is 40.8. The van der Waals surface area contributed by atoms with E-state index in [9.17, 15) is 24.7 Å². The quantitative estimate of drug-likeness (QED) is 0.414. The summed E-state index contributed by atoms with van der Waals surface area (Å²) in [5, 5.41) is 24.6. The molecule has 9 heteroatoms. The van der Waals surface area contributed by atoms with E-state index < -0.39 is 35.4 Å². The molecule has 4 N–H and O–H groups in total. The first-order valence-electron chi connectivity index (χ1n) is 9.15. The van der Waals surface area contributed by atoms with Crippen molar-refractivity contribution in [1.29, 1.82) is 0 Å². The summed E-state index contributed by atoms with van der Waals surface area (Å²) < 4.78 is 0. The Morgan fingerprint density at radius 3 is 2.21 bits per heavy atom. The van der Waals surface area contributed by atoms with Crippen molar-refractivity contribution in [2.45, 2.75) is 59.6 Å². The van der Waals surface area contributed by atoms with Crippen LogP contribution in [0.25, 0.3) is 0 Å². The van der Waals surface area contributed by atoms with Gasteiger partial charge in [-0.2, -0.15) is 0 Å². The van der Waals surface area contributed by atoms with Gasteiger partial charge in [-0.3, -0.25) is 19.8 Å². The van der Waals surface area contributed by atoms with Gasteiger partial charge in [-0.05, 0) is 36.3 Å². The number of hydrogen-bond acceptors (Lipinski definition) is 6. The number of imide groups is 1. The van der Waals surface area contributed by atoms with Gasteiger partial charge in [-0.25, -0.2) is 4.79 Å². The van der Waals surface area contributed by atoms with Gasteiger partial charge in [-0.15, -0.1) is 5.06 Å². The molecule has 0 radical (unpaired) electrons. The monoisotopic (exact) mass is 394 g/mol. The van der Waals surface area contributed by atoms with Crippen LogP contribution in [0.5, 0.6) is 0 Å². The summed E-state index contributed by atoms with van der Waals surface area (Å²) in [7, 11) is 0. The maximum Gasteiger partial charge on any atom is 0.349 e. The van der Waals surface area contributed by atoms with Gasteiger partial charge >= 0.3 is 6.03 Å². The SMILES string of the molecule is CC(C)CC[C@H](O)C(=O)N(O)C(=O)N[C@H](C(=O)Nc1ccncc1)C(C)(C)C. The molecule has 4 amide bonds. The second-order valence-corrected chi connectivity index (χ2v) is 8.11. The number of hydrogen-bond donors (Lipinski definition) is 4. The molecule has 1 aromatic rings. The molecule has 0 bridgehead atoms. The number of carbonyl (C=O) groups is 3. The molecule has 9 nitrogen and oxygen atoms in total. The standard InChI is InChI=1S/C19H30N4O5/c1-12(2)6-7-14(24)17(26)23(28)18(27)22-15(19(3,4)5)16(25)21-13-8-10-20-11-9-13/h8-12,14-15,24,28H,6-7H2,1-5H3,(H,22,27)(H,20,21,25)/t14-,15+/m0/s1. The van der Waals surface area contributed by atoms with Crippen LogP contribution in [0, 0.1) is 11.3 Å². The van der Waals surface area contributed by atoms with Gasteiger partial charge in [0.1, 0.15) is 12.1 Å². The van der Waals surface area contributed by atoms with Crippen molar-refractivity contribution >= 4 is 23.5 Å². The minimum atomic E-state index is -1.50. The fourth-order valence-electron chi connectivity index (χ4n) is 2.37. The molecule has 1 heterocycles. The maximum absolute atomic E-state index is 12.6. The van der Waals surface area contributed by atoms with Crippen molar-refractivity contribution in [2.75, 3.05) is 5.32 Å². The first-order chi connectivity index (χ1) is 12.9. The number of nitrogens with zero attached hydrogens (tertiary/aromatic N) is 2. The Hall–Kier alpha value is -2.52. The predicted molar refractivity (Wildman–Crippen MR) is 103 cm³/mol. The van der Waals surface area contributed by atoms with E-state index in [-0.39, 0.29) is 17.4 Å². The third kappa shape index (κ3) is 7.24. The molecule has 0 aliphatic rings. The second kappa shape index (κ2) is 10.1. The lowest BCUT2D eigenvalue weighted by Gasteiger charge is -2.31. The summed E-state index contributed by atoms with van der Waals surface area (Å²) in [6.07, 6.45) is 2.18. The van der Waals surface area contributed by atoms with Crippen LogP contribution in [0.15, 0.2) is 24.5 Å². The third-order valence-electron chi connectivity index (χ3n) is 4.05. The van der Waals surface area contributed by atoms with Crippen molar-refractivity contribution in [3.05, 3.63) is 24.5 Å². The minimum absolute atomic E-state index is 0.117. The zero-order valence-electron chi connectivity index (χ0n) is 17.0. The molecule has 156 valence electrons. The van der Waals surface area contributed by atoms with Gasteiger partial charge in [0, 0.05) is 18.1 Å². The summed E-state index contributed by atoms with van der Waals surface area (Å²) in [5.74, 6) is -1.40. The molecule has 0 aliphatic heterocycles. The highest BCUT2D eigenvalue weighted by atomic mass is 16.5. The topological polar surface area (TPSA) is 132 Å². The number of aliphatic hydroxyl groups excluding tert-OH is 1. The number of aromatic nitrogens is 1. The van der Waals surface area contributed by atoms with Crippen molar-refractivity contribution in [3.8, 4) is 0 Å². The number of carbonyl (C=O) groups excluding carboxylic acids is 3.